The van der Waals surface area contributed by atoms with Crippen LogP contribution in [0.2, 0.25) is 5.02 Å². The molecule has 0 aromatic heterocycles. The monoisotopic (exact) mass is 354 g/mol. The van der Waals surface area contributed by atoms with Gasteiger partial charge in [0.15, 0.2) is 0 Å². The van der Waals surface area contributed by atoms with Crippen molar-refractivity contribution in [1.82, 2.24) is 5.43 Å². The first-order chi connectivity index (χ1) is 9.61. The second kappa shape index (κ2) is 6.74. The van der Waals surface area contributed by atoms with Crippen LogP contribution in [-0.4, -0.2) is 5.91 Å². The third-order valence-corrected chi connectivity index (χ3v) is 3.46. The van der Waals surface area contributed by atoms with Gasteiger partial charge in [0.1, 0.15) is 12.4 Å². The van der Waals surface area contributed by atoms with E-state index in [0.717, 1.165) is 10.0 Å². The highest BCUT2D eigenvalue weighted by molar-refractivity contribution is 9.10. The molecule has 0 spiro atoms. The lowest BCUT2D eigenvalue weighted by atomic mass is 10.1. The standard InChI is InChI=1S/C14H12BrClN2O2/c15-10-5-6-13(12(16)7-10)20-8-9-3-1-2-4-11(9)14(19)18-17/h1-7H,8,17H2,(H,18,19). The zero-order chi connectivity index (χ0) is 14.5. The Labute approximate surface area is 130 Å². The minimum absolute atomic E-state index is 0.227. The fraction of sp³-hybridized carbons (Fsp3) is 0.0714. The average molecular weight is 356 g/mol. The number of halogens is 2. The lowest BCUT2D eigenvalue weighted by Gasteiger charge is -2.11. The molecule has 0 aliphatic heterocycles. The minimum atomic E-state index is -0.355. The minimum Gasteiger partial charge on any atom is -0.487 e. The first kappa shape index (κ1) is 14.8. The zero-order valence-electron chi connectivity index (χ0n) is 10.4. The van der Waals surface area contributed by atoms with Crippen LogP contribution < -0.4 is 16.0 Å². The molecule has 2 aromatic carbocycles. The molecule has 0 saturated carbocycles. The molecule has 20 heavy (non-hydrogen) atoms. The van der Waals surface area contributed by atoms with Crippen molar-refractivity contribution in [3.8, 4) is 5.75 Å². The van der Waals surface area contributed by atoms with Gasteiger partial charge in [0, 0.05) is 15.6 Å². The van der Waals surface area contributed by atoms with E-state index in [2.05, 4.69) is 21.4 Å². The van der Waals surface area contributed by atoms with E-state index in [1.165, 1.54) is 0 Å². The second-order valence-corrected chi connectivity index (χ2v) is 5.32. The largest absolute Gasteiger partial charge is 0.487 e. The van der Waals surface area contributed by atoms with Crippen LogP contribution in [0.4, 0.5) is 0 Å². The zero-order valence-corrected chi connectivity index (χ0v) is 12.7. The number of carbonyl (C=O) groups is 1. The van der Waals surface area contributed by atoms with E-state index < -0.39 is 0 Å². The summed E-state index contributed by atoms with van der Waals surface area (Å²) in [5.41, 5.74) is 3.32. The van der Waals surface area contributed by atoms with E-state index >= 15 is 0 Å². The molecular formula is C14H12BrClN2O2. The topological polar surface area (TPSA) is 64.3 Å². The molecule has 4 nitrogen and oxygen atoms in total. The molecule has 0 radical (unpaired) electrons. The van der Waals surface area contributed by atoms with E-state index in [-0.39, 0.29) is 12.5 Å². The number of benzene rings is 2. The summed E-state index contributed by atoms with van der Waals surface area (Å²) in [6.07, 6.45) is 0. The maximum atomic E-state index is 11.6. The predicted octanol–water partition coefficient (Wildman–Crippen LogP) is 3.29. The van der Waals surface area contributed by atoms with Gasteiger partial charge in [0.2, 0.25) is 0 Å². The van der Waals surface area contributed by atoms with Crippen LogP contribution >= 0.6 is 27.5 Å². The molecule has 1 amide bonds. The third-order valence-electron chi connectivity index (χ3n) is 2.67. The maximum absolute atomic E-state index is 11.6. The molecule has 0 saturated heterocycles. The van der Waals surface area contributed by atoms with Crippen molar-refractivity contribution < 1.29 is 9.53 Å². The van der Waals surface area contributed by atoms with Crippen LogP contribution in [-0.2, 0) is 6.61 Å². The van der Waals surface area contributed by atoms with Gasteiger partial charge in [0.05, 0.1) is 5.02 Å². The first-order valence-electron chi connectivity index (χ1n) is 5.78. The molecule has 6 heteroatoms. The van der Waals surface area contributed by atoms with Crippen molar-refractivity contribution in [2.24, 2.45) is 5.84 Å². The van der Waals surface area contributed by atoms with Gasteiger partial charge in [-0.15, -0.1) is 0 Å². The Bertz CT molecular complexity index is 634. The molecule has 0 unspecified atom stereocenters. The second-order valence-electron chi connectivity index (χ2n) is 3.99. The van der Waals surface area contributed by atoms with Crippen LogP contribution in [0.15, 0.2) is 46.9 Å². The van der Waals surface area contributed by atoms with E-state index in [1.807, 2.05) is 12.1 Å². The van der Waals surface area contributed by atoms with Crippen molar-refractivity contribution in [3.05, 3.63) is 63.1 Å². The van der Waals surface area contributed by atoms with Gasteiger partial charge in [-0.25, -0.2) is 5.84 Å². The fourth-order valence-electron chi connectivity index (χ4n) is 1.69. The Hall–Kier alpha value is -1.56. The number of amides is 1. The summed E-state index contributed by atoms with van der Waals surface area (Å²) in [6, 6.07) is 12.4. The van der Waals surface area contributed by atoms with Crippen molar-refractivity contribution >= 4 is 33.4 Å². The normalized spacial score (nSPS) is 10.2. The Morgan fingerprint density at radius 3 is 2.75 bits per heavy atom. The molecule has 0 aliphatic rings. The molecule has 0 atom stereocenters. The highest BCUT2D eigenvalue weighted by Gasteiger charge is 2.10. The van der Waals surface area contributed by atoms with Gasteiger partial charge in [-0.3, -0.25) is 10.2 Å². The van der Waals surface area contributed by atoms with Crippen LogP contribution in [0, 0.1) is 0 Å². The molecule has 0 bridgehead atoms. The van der Waals surface area contributed by atoms with E-state index in [9.17, 15) is 4.79 Å². The summed E-state index contributed by atoms with van der Waals surface area (Å²) in [6.45, 7) is 0.227. The summed E-state index contributed by atoms with van der Waals surface area (Å²) in [4.78, 5) is 11.6. The fourth-order valence-corrected chi connectivity index (χ4v) is 2.42. The van der Waals surface area contributed by atoms with Crippen molar-refractivity contribution in [1.29, 1.82) is 0 Å². The lowest BCUT2D eigenvalue weighted by Crippen LogP contribution is -2.30. The predicted molar refractivity (Wildman–Crippen MR) is 81.6 cm³/mol. The number of hydrogen-bond donors (Lipinski definition) is 2. The molecule has 104 valence electrons. The van der Waals surface area contributed by atoms with Crippen LogP contribution in [0.5, 0.6) is 5.75 Å². The van der Waals surface area contributed by atoms with Crippen LogP contribution in [0.25, 0.3) is 0 Å². The van der Waals surface area contributed by atoms with Crippen molar-refractivity contribution in [3.63, 3.8) is 0 Å². The number of carbonyl (C=O) groups excluding carboxylic acids is 1. The molecular weight excluding hydrogens is 344 g/mol. The summed E-state index contributed by atoms with van der Waals surface area (Å²) in [7, 11) is 0. The quantitative estimate of drug-likeness (QED) is 0.502. The highest BCUT2D eigenvalue weighted by Crippen LogP contribution is 2.28. The molecule has 3 N–H and O–H groups in total. The Kier molecular flexibility index (Phi) is 5.00. The number of nitrogen functional groups attached to an aromatic ring is 1. The third kappa shape index (κ3) is 3.50. The van der Waals surface area contributed by atoms with Gasteiger partial charge in [0.25, 0.3) is 5.91 Å². The van der Waals surface area contributed by atoms with Gasteiger partial charge in [-0.1, -0.05) is 45.7 Å². The van der Waals surface area contributed by atoms with Crippen LogP contribution in [0.1, 0.15) is 15.9 Å². The van der Waals surface area contributed by atoms with E-state index in [0.29, 0.717) is 16.3 Å². The summed E-state index contributed by atoms with van der Waals surface area (Å²) >= 11 is 9.40. The van der Waals surface area contributed by atoms with Gasteiger partial charge >= 0.3 is 0 Å². The number of rotatable bonds is 4. The maximum Gasteiger partial charge on any atom is 0.265 e. The Morgan fingerprint density at radius 2 is 2.05 bits per heavy atom. The summed E-state index contributed by atoms with van der Waals surface area (Å²) in [5.74, 6) is 5.35. The smallest absolute Gasteiger partial charge is 0.265 e. The van der Waals surface area contributed by atoms with Gasteiger partial charge < -0.3 is 4.74 Å². The van der Waals surface area contributed by atoms with Gasteiger partial charge in [-0.2, -0.15) is 0 Å². The molecule has 2 rings (SSSR count). The van der Waals surface area contributed by atoms with E-state index in [4.69, 9.17) is 22.2 Å². The Morgan fingerprint density at radius 1 is 1.30 bits per heavy atom. The van der Waals surface area contributed by atoms with Crippen LogP contribution in [0.3, 0.4) is 0 Å². The number of nitrogens with one attached hydrogen (secondary N) is 1. The first-order valence-corrected chi connectivity index (χ1v) is 6.95. The highest BCUT2D eigenvalue weighted by atomic mass is 79.9. The SMILES string of the molecule is NNC(=O)c1ccccc1COc1ccc(Br)cc1Cl. The molecule has 2 aromatic rings. The lowest BCUT2D eigenvalue weighted by molar-refractivity contribution is 0.0951. The Balaban J connectivity index is 2.17. The number of ether oxygens (including phenoxy) is 1. The number of nitrogens with two attached hydrogens (primary N) is 1. The average Bonchev–Trinajstić information content (AvgIpc) is 2.46. The van der Waals surface area contributed by atoms with Gasteiger partial charge in [-0.05, 0) is 24.3 Å². The molecule has 0 aliphatic carbocycles. The summed E-state index contributed by atoms with van der Waals surface area (Å²) in [5, 5.41) is 0.500. The number of hydrogen-bond acceptors (Lipinski definition) is 3. The van der Waals surface area contributed by atoms with Crippen molar-refractivity contribution in [2.45, 2.75) is 6.61 Å². The molecule has 0 fully saturated rings. The van der Waals surface area contributed by atoms with E-state index in [1.54, 1.807) is 30.3 Å². The summed E-state index contributed by atoms with van der Waals surface area (Å²) < 4.78 is 6.51. The van der Waals surface area contributed by atoms with Crippen molar-refractivity contribution in [2.75, 3.05) is 0 Å². The molecule has 0 heterocycles. The number of hydrazine groups is 1.